The number of hydrogen-bond donors (Lipinski definition) is 0. The van der Waals surface area contributed by atoms with Crippen LogP contribution >= 0.6 is 24.4 Å². The molecule has 0 saturated carbocycles. The van der Waals surface area contributed by atoms with Crippen molar-refractivity contribution in [2.75, 3.05) is 0 Å². The fraction of sp³-hybridized carbons (Fsp3) is 0.750. The second kappa shape index (κ2) is 13.2. The van der Waals surface area contributed by atoms with E-state index in [0.717, 1.165) is 35.4 Å². The Hall–Kier alpha value is 2.18. The van der Waals surface area contributed by atoms with Gasteiger partial charge in [0.05, 0.1) is 0 Å². The third-order valence-corrected chi connectivity index (χ3v) is 2.30. The predicted molar refractivity (Wildman–Crippen MR) is 69.3 cm³/mol. The van der Waals surface area contributed by atoms with Gasteiger partial charge < -0.3 is 0 Å². The summed E-state index contributed by atoms with van der Waals surface area (Å²) in [6.07, 6.45) is 4.22. The molecule has 12 heavy (non-hydrogen) atoms. The zero-order valence-corrected chi connectivity index (χ0v) is 8.28. The van der Waals surface area contributed by atoms with Crippen molar-refractivity contribution in [3.05, 3.63) is 0 Å². The molecule has 0 radical (unpaired) electrons. The number of rotatable bonds is 5. The van der Waals surface area contributed by atoms with Crippen LogP contribution in [0.25, 0.3) is 0 Å². The van der Waals surface area contributed by atoms with E-state index < -0.39 is 0 Å². The fourth-order valence-corrected chi connectivity index (χ4v) is 1.35. The van der Waals surface area contributed by atoms with Gasteiger partial charge in [0, 0.05) is 9.73 Å². The summed E-state index contributed by atoms with van der Waals surface area (Å²) < 4.78 is 0. The fourth-order valence-electron chi connectivity index (χ4n) is 0.733. The van der Waals surface area contributed by atoms with Crippen LogP contribution < -0.4 is 0 Å². The number of hydrogen-bond acceptors (Lipinski definition) is 2. The van der Waals surface area contributed by atoms with Gasteiger partial charge in [0.2, 0.25) is 0 Å². The minimum absolute atomic E-state index is 0. The molecule has 0 aliphatic rings. The van der Waals surface area contributed by atoms with Gasteiger partial charge in [-0.05, 0) is 12.8 Å². The monoisotopic (exact) mass is 222 g/mol. The van der Waals surface area contributed by atoms with Crippen LogP contribution in [0.2, 0.25) is 0 Å². The van der Waals surface area contributed by atoms with Gasteiger partial charge in [-0.25, -0.2) is 0 Å². The molecule has 0 fully saturated rings. The van der Waals surface area contributed by atoms with Gasteiger partial charge in [0.25, 0.3) is 0 Å². The Kier molecular flexibility index (Phi) is 21.6. The number of thiocarbonyl (C=S) groups is 2. The minimum atomic E-state index is 0. The van der Waals surface area contributed by atoms with E-state index in [1.165, 1.54) is 0 Å². The van der Waals surface area contributed by atoms with Crippen LogP contribution in [0.5, 0.6) is 0 Å². The first-order valence-corrected chi connectivity index (χ1v) is 4.60. The van der Waals surface area contributed by atoms with Crippen molar-refractivity contribution >= 4 is 93.3 Å². The molecule has 0 heterocycles. The van der Waals surface area contributed by atoms with Gasteiger partial charge in [0.1, 0.15) is 0 Å². The Morgan fingerprint density at radius 1 is 0.833 bits per heavy atom. The molecule has 0 aromatic rings. The van der Waals surface area contributed by atoms with Crippen LogP contribution in [0, 0.1) is 0 Å². The molecule has 0 unspecified atom stereocenters. The quantitative estimate of drug-likeness (QED) is 0.515. The molecule has 4 heteroatoms. The van der Waals surface area contributed by atoms with Gasteiger partial charge in [0.15, 0.2) is 0 Å². The van der Waals surface area contributed by atoms with E-state index >= 15 is 0 Å². The molecule has 0 amide bonds. The molecule has 0 bridgehead atoms. The molecule has 0 spiro atoms. The van der Waals surface area contributed by atoms with E-state index in [4.69, 9.17) is 24.4 Å². The van der Waals surface area contributed by atoms with Crippen LogP contribution in [0.15, 0.2) is 0 Å². The van der Waals surface area contributed by atoms with Gasteiger partial charge in [-0.2, -0.15) is 0 Å². The molecule has 0 atom stereocenters. The summed E-state index contributed by atoms with van der Waals surface area (Å²) in [5, 5.41) is 0. The van der Waals surface area contributed by atoms with Gasteiger partial charge >= 0.3 is 59.1 Å². The van der Waals surface area contributed by atoms with E-state index in [9.17, 15) is 0 Å². The summed E-state index contributed by atoms with van der Waals surface area (Å²) >= 11 is 10.2. The molecule has 0 aromatic heterocycles. The standard InChI is InChI=1S/C8H14S2.2Na.2H/c1-3-5-7(9)8(10)6-4-2;;;;/h3-6H2,1-2H3;;;;. The van der Waals surface area contributed by atoms with Crippen LogP contribution in [0.1, 0.15) is 39.5 Å². The van der Waals surface area contributed by atoms with E-state index in [-0.39, 0.29) is 59.1 Å². The Morgan fingerprint density at radius 3 is 1.25 bits per heavy atom. The maximum absolute atomic E-state index is 5.10. The Morgan fingerprint density at radius 2 is 1.08 bits per heavy atom. The molecule has 62 valence electrons. The SMILES string of the molecule is CCCC(=S)C(=S)CCC.[NaH].[NaH]. The van der Waals surface area contributed by atoms with Crippen molar-refractivity contribution in [3.63, 3.8) is 0 Å². The first kappa shape index (κ1) is 19.7. The van der Waals surface area contributed by atoms with Crippen LogP contribution in [-0.2, 0) is 0 Å². The summed E-state index contributed by atoms with van der Waals surface area (Å²) in [6.45, 7) is 4.25. The molecule has 0 saturated heterocycles. The van der Waals surface area contributed by atoms with Gasteiger partial charge in [-0.15, -0.1) is 0 Å². The van der Waals surface area contributed by atoms with Crippen molar-refractivity contribution in [3.8, 4) is 0 Å². The molecule has 0 aliphatic carbocycles. The zero-order chi connectivity index (χ0) is 7.98. The van der Waals surface area contributed by atoms with Crippen molar-refractivity contribution < 1.29 is 0 Å². The van der Waals surface area contributed by atoms with Crippen molar-refractivity contribution in [1.82, 2.24) is 0 Å². The molecular weight excluding hydrogens is 206 g/mol. The summed E-state index contributed by atoms with van der Waals surface area (Å²) in [5.41, 5.74) is 0. The second-order valence-electron chi connectivity index (χ2n) is 2.35. The van der Waals surface area contributed by atoms with Crippen LogP contribution in [-0.4, -0.2) is 68.8 Å². The van der Waals surface area contributed by atoms with Crippen LogP contribution in [0.3, 0.4) is 0 Å². The summed E-state index contributed by atoms with van der Waals surface area (Å²) in [7, 11) is 0. The Bertz CT molecular complexity index is 119. The summed E-state index contributed by atoms with van der Waals surface area (Å²) in [5.74, 6) is 0. The third kappa shape index (κ3) is 10.3. The van der Waals surface area contributed by atoms with E-state index in [0.29, 0.717) is 0 Å². The average Bonchev–Trinajstić information content (AvgIpc) is 1.89. The predicted octanol–water partition coefficient (Wildman–Crippen LogP) is 2.03. The molecule has 0 nitrogen and oxygen atoms in total. The maximum atomic E-state index is 5.10. The average molecular weight is 222 g/mol. The molecule has 0 rings (SSSR count). The van der Waals surface area contributed by atoms with Crippen molar-refractivity contribution in [2.24, 2.45) is 0 Å². The molecule has 0 aliphatic heterocycles. The third-order valence-electron chi connectivity index (χ3n) is 1.27. The van der Waals surface area contributed by atoms with Crippen molar-refractivity contribution in [2.45, 2.75) is 39.5 Å². The Balaban J connectivity index is -0.000000405. The van der Waals surface area contributed by atoms with E-state index in [1.54, 1.807) is 0 Å². The van der Waals surface area contributed by atoms with E-state index in [1.807, 2.05) is 0 Å². The summed E-state index contributed by atoms with van der Waals surface area (Å²) in [4.78, 5) is 2.00. The first-order valence-electron chi connectivity index (χ1n) is 3.78. The van der Waals surface area contributed by atoms with Gasteiger partial charge in [-0.3, -0.25) is 0 Å². The first-order chi connectivity index (χ1) is 4.72. The molecular formula is C8H16Na2S2. The topological polar surface area (TPSA) is 0 Å². The molecule has 0 N–H and O–H groups in total. The van der Waals surface area contributed by atoms with E-state index in [2.05, 4.69) is 13.8 Å². The van der Waals surface area contributed by atoms with Gasteiger partial charge in [-0.1, -0.05) is 51.1 Å². The molecule has 0 aromatic carbocycles. The summed E-state index contributed by atoms with van der Waals surface area (Å²) in [6, 6.07) is 0. The second-order valence-corrected chi connectivity index (χ2v) is 3.33. The van der Waals surface area contributed by atoms with Crippen molar-refractivity contribution in [1.29, 1.82) is 0 Å². The van der Waals surface area contributed by atoms with Crippen LogP contribution in [0.4, 0.5) is 0 Å². The zero-order valence-electron chi connectivity index (χ0n) is 6.64. The normalized spacial score (nSPS) is 7.83. The Labute approximate surface area is 131 Å².